The van der Waals surface area contributed by atoms with Crippen molar-refractivity contribution < 1.29 is 13.6 Å². The molecule has 0 saturated heterocycles. The largest absolute Gasteiger partial charge is 0.400 e. The third-order valence-corrected chi connectivity index (χ3v) is 1.08. The molecular formula is C4H3ClF2N4O. The minimum absolute atomic E-state index is 0.180. The first-order valence-corrected chi connectivity index (χ1v) is 3.11. The summed E-state index contributed by atoms with van der Waals surface area (Å²) in [6.45, 7) is 0. The van der Waals surface area contributed by atoms with E-state index in [2.05, 4.69) is 26.8 Å². The van der Waals surface area contributed by atoms with E-state index in [1.54, 1.807) is 5.32 Å². The number of carbonyl (C=O) groups is 1. The molecule has 1 heterocycles. The van der Waals surface area contributed by atoms with E-state index in [1.165, 1.54) is 0 Å². The molecule has 1 aromatic heterocycles. The molecule has 0 bridgehead atoms. The van der Waals surface area contributed by atoms with Crippen LogP contribution in [0.5, 0.6) is 0 Å². The standard InChI is InChI=1S/C4H3ClF2N4O/c5-4(6,7)2(12)10-3-8-1-9-11-3/h1H,(H2,8,9,10,11,12). The summed E-state index contributed by atoms with van der Waals surface area (Å²) in [5, 5.41) is 3.25. The number of hydrogen-bond donors (Lipinski definition) is 2. The van der Waals surface area contributed by atoms with E-state index in [9.17, 15) is 13.6 Å². The maximum atomic E-state index is 12.0. The molecule has 0 aliphatic carbocycles. The Morgan fingerprint density at radius 2 is 2.42 bits per heavy atom. The second-order valence-corrected chi connectivity index (χ2v) is 2.26. The number of rotatable bonds is 2. The highest BCUT2D eigenvalue weighted by atomic mass is 35.5. The van der Waals surface area contributed by atoms with Gasteiger partial charge in [-0.25, -0.2) is 5.10 Å². The van der Waals surface area contributed by atoms with Gasteiger partial charge in [-0.3, -0.25) is 10.1 Å². The van der Waals surface area contributed by atoms with E-state index in [1.807, 2.05) is 0 Å². The van der Waals surface area contributed by atoms with Gasteiger partial charge in [0, 0.05) is 0 Å². The Hall–Kier alpha value is -1.24. The van der Waals surface area contributed by atoms with E-state index in [0.29, 0.717) is 0 Å². The van der Waals surface area contributed by atoms with Crippen molar-refractivity contribution in [2.24, 2.45) is 0 Å². The zero-order valence-corrected chi connectivity index (χ0v) is 6.27. The van der Waals surface area contributed by atoms with Crippen molar-refractivity contribution in [1.82, 2.24) is 15.2 Å². The molecule has 1 aromatic rings. The molecule has 0 saturated carbocycles. The first-order chi connectivity index (χ1) is 5.50. The predicted molar refractivity (Wildman–Crippen MR) is 35.8 cm³/mol. The lowest BCUT2D eigenvalue weighted by molar-refractivity contribution is -0.130. The lowest BCUT2D eigenvalue weighted by Gasteiger charge is -2.05. The lowest BCUT2D eigenvalue weighted by atomic mass is 10.6. The van der Waals surface area contributed by atoms with Crippen LogP contribution in [0, 0.1) is 0 Å². The number of nitrogens with zero attached hydrogens (tertiary/aromatic N) is 2. The van der Waals surface area contributed by atoms with Gasteiger partial charge in [-0.05, 0) is 11.6 Å². The molecule has 0 aromatic carbocycles. The number of aromatic nitrogens is 3. The van der Waals surface area contributed by atoms with Crippen molar-refractivity contribution in [3.63, 3.8) is 0 Å². The van der Waals surface area contributed by atoms with Crippen LogP contribution >= 0.6 is 11.6 Å². The molecule has 12 heavy (non-hydrogen) atoms. The van der Waals surface area contributed by atoms with Gasteiger partial charge in [-0.15, -0.1) is 0 Å². The average molecular weight is 197 g/mol. The van der Waals surface area contributed by atoms with Crippen molar-refractivity contribution in [2.45, 2.75) is 5.38 Å². The molecule has 5 nitrogen and oxygen atoms in total. The minimum Gasteiger partial charge on any atom is -0.288 e. The summed E-state index contributed by atoms with van der Waals surface area (Å²) in [5.74, 6) is -1.83. The molecular weight excluding hydrogens is 194 g/mol. The van der Waals surface area contributed by atoms with E-state index in [4.69, 9.17) is 0 Å². The molecule has 66 valence electrons. The number of halogens is 3. The topological polar surface area (TPSA) is 70.7 Å². The van der Waals surface area contributed by atoms with E-state index in [0.717, 1.165) is 6.33 Å². The number of amides is 1. The Balaban J connectivity index is 2.60. The quantitative estimate of drug-likeness (QED) is 0.680. The van der Waals surface area contributed by atoms with Gasteiger partial charge in [0.15, 0.2) is 0 Å². The fourth-order valence-corrected chi connectivity index (χ4v) is 0.491. The first kappa shape index (κ1) is 8.85. The first-order valence-electron chi connectivity index (χ1n) is 2.73. The molecule has 0 aliphatic heterocycles. The van der Waals surface area contributed by atoms with Gasteiger partial charge >= 0.3 is 11.3 Å². The number of aromatic amines is 1. The Bertz CT molecular complexity index is 269. The number of hydrogen-bond acceptors (Lipinski definition) is 3. The van der Waals surface area contributed by atoms with Crippen LogP contribution in [0.3, 0.4) is 0 Å². The Kier molecular flexibility index (Phi) is 2.22. The zero-order valence-electron chi connectivity index (χ0n) is 5.51. The van der Waals surface area contributed by atoms with E-state index >= 15 is 0 Å². The minimum atomic E-state index is -3.94. The number of nitrogens with one attached hydrogen (secondary N) is 2. The van der Waals surface area contributed by atoms with Gasteiger partial charge < -0.3 is 0 Å². The van der Waals surface area contributed by atoms with Gasteiger partial charge in [0.1, 0.15) is 6.33 Å². The predicted octanol–water partition coefficient (Wildman–Crippen LogP) is 0.575. The second-order valence-electron chi connectivity index (χ2n) is 1.79. The van der Waals surface area contributed by atoms with Crippen LogP contribution in [-0.2, 0) is 4.79 Å². The summed E-state index contributed by atoms with van der Waals surface area (Å²) in [7, 11) is 0. The normalized spacial score (nSPS) is 11.2. The van der Waals surface area contributed by atoms with Gasteiger partial charge in [0.25, 0.3) is 0 Å². The van der Waals surface area contributed by atoms with Crippen LogP contribution in [0.4, 0.5) is 14.7 Å². The van der Waals surface area contributed by atoms with Crippen molar-refractivity contribution in [3.05, 3.63) is 6.33 Å². The summed E-state index contributed by atoms with van der Waals surface area (Å²) in [6.07, 6.45) is 1.06. The molecule has 0 fully saturated rings. The van der Waals surface area contributed by atoms with Crippen LogP contribution in [0.25, 0.3) is 0 Å². The van der Waals surface area contributed by atoms with Crippen molar-refractivity contribution in [3.8, 4) is 0 Å². The van der Waals surface area contributed by atoms with Crippen LogP contribution in [0.1, 0.15) is 0 Å². The maximum Gasteiger partial charge on any atom is 0.400 e. The second kappa shape index (κ2) is 3.02. The molecule has 2 N–H and O–H groups in total. The van der Waals surface area contributed by atoms with Gasteiger partial charge in [0.2, 0.25) is 5.95 Å². The van der Waals surface area contributed by atoms with Crippen LogP contribution < -0.4 is 5.32 Å². The van der Waals surface area contributed by atoms with Crippen LogP contribution in [0.15, 0.2) is 6.33 Å². The molecule has 0 aliphatic rings. The Morgan fingerprint density at radius 3 is 2.83 bits per heavy atom. The van der Waals surface area contributed by atoms with Gasteiger partial charge in [0.05, 0.1) is 0 Å². The number of anilines is 1. The van der Waals surface area contributed by atoms with Gasteiger partial charge in [-0.1, -0.05) is 0 Å². The fourth-order valence-electron chi connectivity index (χ4n) is 0.444. The molecule has 0 unspecified atom stereocenters. The molecule has 0 radical (unpaired) electrons. The number of alkyl halides is 3. The maximum absolute atomic E-state index is 12.0. The highest BCUT2D eigenvalue weighted by Crippen LogP contribution is 2.19. The summed E-state index contributed by atoms with van der Waals surface area (Å²) in [6, 6.07) is 0. The fraction of sp³-hybridized carbons (Fsp3) is 0.250. The molecule has 0 spiro atoms. The third kappa shape index (κ3) is 2.12. The smallest absolute Gasteiger partial charge is 0.288 e. The van der Waals surface area contributed by atoms with E-state index in [-0.39, 0.29) is 5.95 Å². The van der Waals surface area contributed by atoms with Gasteiger partial charge in [-0.2, -0.15) is 18.9 Å². The number of carbonyl (C=O) groups excluding carboxylic acids is 1. The lowest BCUT2D eigenvalue weighted by Crippen LogP contribution is -2.29. The highest BCUT2D eigenvalue weighted by molar-refractivity contribution is 6.33. The molecule has 1 amide bonds. The molecule has 1 rings (SSSR count). The van der Waals surface area contributed by atoms with E-state index < -0.39 is 11.3 Å². The van der Waals surface area contributed by atoms with Crippen molar-refractivity contribution >= 4 is 23.5 Å². The number of H-pyrrole nitrogens is 1. The zero-order chi connectivity index (χ0) is 9.19. The van der Waals surface area contributed by atoms with Crippen LogP contribution in [-0.4, -0.2) is 26.5 Å². The summed E-state index contributed by atoms with van der Waals surface area (Å²) in [5.41, 5.74) is 0. The van der Waals surface area contributed by atoms with Crippen LogP contribution in [0.2, 0.25) is 0 Å². The average Bonchev–Trinajstić information content (AvgIpc) is 2.37. The Morgan fingerprint density at radius 1 is 1.75 bits per heavy atom. The summed E-state index contributed by atoms with van der Waals surface area (Å²) >= 11 is 4.39. The summed E-state index contributed by atoms with van der Waals surface area (Å²) in [4.78, 5) is 13.8. The van der Waals surface area contributed by atoms with Crippen molar-refractivity contribution in [1.29, 1.82) is 0 Å². The van der Waals surface area contributed by atoms with Crippen molar-refractivity contribution in [2.75, 3.05) is 5.32 Å². The highest BCUT2D eigenvalue weighted by Gasteiger charge is 2.36. The molecule has 8 heteroatoms. The Labute approximate surface area is 70.1 Å². The molecule has 0 atom stereocenters. The SMILES string of the molecule is O=C(Nc1ncn[nH]1)C(F)(F)Cl. The summed E-state index contributed by atoms with van der Waals surface area (Å²) < 4.78 is 24.0. The monoisotopic (exact) mass is 196 g/mol. The third-order valence-electron chi connectivity index (χ3n) is 0.904.